The number of amides is 1. The van der Waals surface area contributed by atoms with Crippen molar-refractivity contribution >= 4 is 45.1 Å². The molecule has 1 saturated carbocycles. The van der Waals surface area contributed by atoms with Crippen LogP contribution in [0.4, 0.5) is 11.4 Å². The van der Waals surface area contributed by atoms with Crippen LogP contribution in [0.3, 0.4) is 0 Å². The number of hydrogen-bond acceptors (Lipinski definition) is 6. The van der Waals surface area contributed by atoms with Crippen molar-refractivity contribution in [2.75, 3.05) is 16.3 Å². The van der Waals surface area contributed by atoms with Crippen molar-refractivity contribution in [1.29, 1.82) is 0 Å². The molecule has 3 aliphatic rings. The van der Waals surface area contributed by atoms with Crippen LogP contribution in [0.15, 0.2) is 26.6 Å². The predicted octanol–water partition coefficient (Wildman–Crippen LogP) is 2.47. The van der Waals surface area contributed by atoms with E-state index in [2.05, 4.69) is 27.0 Å². The SMILES string of the molecule is CC(=O)N1CCc2cc(N3C(N)=NC(N)=NC34CCCCC4)cc(Br)c21. The van der Waals surface area contributed by atoms with Gasteiger partial charge in [-0.2, -0.15) is 4.99 Å². The first-order valence-corrected chi connectivity index (χ1v) is 9.81. The van der Waals surface area contributed by atoms with Crippen molar-refractivity contribution in [3.05, 3.63) is 22.2 Å². The van der Waals surface area contributed by atoms with Gasteiger partial charge in [-0.1, -0.05) is 6.42 Å². The maximum atomic E-state index is 11.9. The van der Waals surface area contributed by atoms with Crippen LogP contribution in [0.1, 0.15) is 44.6 Å². The number of nitrogens with zero attached hydrogens (tertiary/aromatic N) is 4. The van der Waals surface area contributed by atoms with Crippen molar-refractivity contribution in [2.45, 2.75) is 51.1 Å². The van der Waals surface area contributed by atoms with Gasteiger partial charge in [-0.3, -0.25) is 9.69 Å². The third-order valence-electron chi connectivity index (χ3n) is 5.49. The molecule has 0 radical (unpaired) electrons. The lowest BCUT2D eigenvalue weighted by Gasteiger charge is -2.45. The van der Waals surface area contributed by atoms with Crippen molar-refractivity contribution < 1.29 is 4.79 Å². The highest BCUT2D eigenvalue weighted by Crippen LogP contribution is 2.44. The maximum absolute atomic E-state index is 11.9. The lowest BCUT2D eigenvalue weighted by atomic mass is 9.87. The molecule has 1 fully saturated rings. The Balaban J connectivity index is 1.80. The molecule has 26 heavy (non-hydrogen) atoms. The molecule has 4 N–H and O–H groups in total. The van der Waals surface area contributed by atoms with Gasteiger partial charge in [0.1, 0.15) is 5.66 Å². The van der Waals surface area contributed by atoms with Crippen LogP contribution >= 0.6 is 15.9 Å². The minimum Gasteiger partial charge on any atom is -0.369 e. The van der Waals surface area contributed by atoms with Gasteiger partial charge in [0.05, 0.1) is 5.69 Å². The second-order valence-corrected chi connectivity index (χ2v) is 8.03. The smallest absolute Gasteiger partial charge is 0.223 e. The summed E-state index contributed by atoms with van der Waals surface area (Å²) in [5, 5.41) is 0. The van der Waals surface area contributed by atoms with Gasteiger partial charge in [0.15, 0.2) is 0 Å². The monoisotopic (exact) mass is 418 g/mol. The van der Waals surface area contributed by atoms with E-state index < -0.39 is 5.66 Å². The zero-order valence-corrected chi connectivity index (χ0v) is 16.4. The Labute approximate surface area is 161 Å². The van der Waals surface area contributed by atoms with Crippen molar-refractivity contribution in [2.24, 2.45) is 21.5 Å². The highest BCUT2D eigenvalue weighted by atomic mass is 79.9. The molecule has 0 aromatic heterocycles. The molecule has 1 aromatic carbocycles. The number of halogens is 1. The topological polar surface area (TPSA) is 100 Å². The van der Waals surface area contributed by atoms with E-state index in [1.165, 1.54) is 6.42 Å². The van der Waals surface area contributed by atoms with Gasteiger partial charge < -0.3 is 16.4 Å². The van der Waals surface area contributed by atoms with E-state index in [0.29, 0.717) is 12.5 Å². The molecule has 4 rings (SSSR count). The fraction of sp³-hybridized carbons (Fsp3) is 0.500. The molecule has 0 bridgehead atoms. The van der Waals surface area contributed by atoms with Crippen molar-refractivity contribution in [3.8, 4) is 0 Å². The van der Waals surface area contributed by atoms with Crippen LogP contribution in [0.2, 0.25) is 0 Å². The van der Waals surface area contributed by atoms with Gasteiger partial charge in [-0.05, 0) is 65.7 Å². The molecule has 0 saturated heterocycles. The number of fused-ring (bicyclic) bond motifs is 1. The van der Waals surface area contributed by atoms with Gasteiger partial charge in [0.25, 0.3) is 0 Å². The summed E-state index contributed by atoms with van der Waals surface area (Å²) in [5.74, 6) is 0.689. The lowest BCUT2D eigenvalue weighted by Crippen LogP contribution is -2.58. The molecule has 7 nitrogen and oxygen atoms in total. The van der Waals surface area contributed by atoms with Gasteiger partial charge in [0, 0.05) is 23.6 Å². The molecule has 8 heteroatoms. The number of anilines is 2. The highest BCUT2D eigenvalue weighted by molar-refractivity contribution is 9.10. The van der Waals surface area contributed by atoms with E-state index in [-0.39, 0.29) is 11.9 Å². The summed E-state index contributed by atoms with van der Waals surface area (Å²) >= 11 is 3.66. The molecular formula is C18H23BrN6O. The Hall–Kier alpha value is -2.09. The van der Waals surface area contributed by atoms with Crippen LogP contribution < -0.4 is 21.3 Å². The number of nitrogens with two attached hydrogens (primary N) is 2. The number of carbonyl (C=O) groups excluding carboxylic acids is 1. The number of benzene rings is 1. The summed E-state index contributed by atoms with van der Waals surface area (Å²) in [5.41, 5.74) is 14.8. The molecule has 138 valence electrons. The van der Waals surface area contributed by atoms with Gasteiger partial charge >= 0.3 is 0 Å². The van der Waals surface area contributed by atoms with Crippen LogP contribution in [0.25, 0.3) is 0 Å². The van der Waals surface area contributed by atoms with E-state index in [1.54, 1.807) is 6.92 Å². The summed E-state index contributed by atoms with van der Waals surface area (Å²) in [6, 6.07) is 4.12. The number of guanidine groups is 2. The fourth-order valence-corrected chi connectivity index (χ4v) is 5.12. The zero-order valence-electron chi connectivity index (χ0n) is 14.8. The average molecular weight is 419 g/mol. The summed E-state index contributed by atoms with van der Waals surface area (Å²) in [6.07, 6.45) is 6.00. The second kappa shape index (κ2) is 6.26. The maximum Gasteiger partial charge on any atom is 0.223 e. The van der Waals surface area contributed by atoms with Gasteiger partial charge in [-0.15, -0.1) is 0 Å². The first-order valence-electron chi connectivity index (χ1n) is 9.01. The molecule has 2 heterocycles. The quantitative estimate of drug-likeness (QED) is 0.730. The van der Waals surface area contributed by atoms with Gasteiger partial charge in [0.2, 0.25) is 17.8 Å². The highest BCUT2D eigenvalue weighted by Gasteiger charge is 2.43. The zero-order chi connectivity index (χ0) is 18.5. The Bertz CT molecular complexity index is 827. The van der Waals surface area contributed by atoms with Crippen LogP contribution in [-0.4, -0.2) is 30.0 Å². The third kappa shape index (κ3) is 2.67. The average Bonchev–Trinajstić information content (AvgIpc) is 2.99. The Morgan fingerprint density at radius 1 is 1.23 bits per heavy atom. The van der Waals surface area contributed by atoms with Crippen LogP contribution in [0, 0.1) is 0 Å². The number of aliphatic imine (C=N–C) groups is 2. The standard InChI is InChI=1S/C18H23BrN6O/c1-11(26)24-8-5-12-9-13(10-14(19)15(12)24)25-17(21)22-16(20)23-18(25)6-3-2-4-7-18/h9-10H,2-8H2,1H3,(H4,20,21,22,23). The third-order valence-corrected chi connectivity index (χ3v) is 6.10. The van der Waals surface area contributed by atoms with E-state index in [1.807, 2.05) is 15.9 Å². The lowest BCUT2D eigenvalue weighted by molar-refractivity contribution is -0.116. The van der Waals surface area contributed by atoms with E-state index in [4.69, 9.17) is 16.5 Å². The normalized spacial score (nSPS) is 21.5. The summed E-state index contributed by atoms with van der Waals surface area (Å²) in [7, 11) is 0. The molecular weight excluding hydrogens is 396 g/mol. The number of rotatable bonds is 1. The Morgan fingerprint density at radius 2 is 1.96 bits per heavy atom. The van der Waals surface area contributed by atoms with Crippen molar-refractivity contribution in [3.63, 3.8) is 0 Å². The summed E-state index contributed by atoms with van der Waals surface area (Å²) in [4.78, 5) is 24.7. The summed E-state index contributed by atoms with van der Waals surface area (Å²) < 4.78 is 0.888. The first-order chi connectivity index (χ1) is 12.4. The molecule has 1 amide bonds. The number of hydrogen-bond donors (Lipinski definition) is 2. The molecule has 1 spiro atoms. The Kier molecular flexibility index (Phi) is 4.17. The molecule has 1 aliphatic carbocycles. The molecule has 0 atom stereocenters. The summed E-state index contributed by atoms with van der Waals surface area (Å²) in [6.45, 7) is 2.30. The van der Waals surface area contributed by atoms with E-state index in [9.17, 15) is 4.79 Å². The first kappa shape index (κ1) is 17.3. The number of carbonyl (C=O) groups is 1. The predicted molar refractivity (Wildman–Crippen MR) is 107 cm³/mol. The second-order valence-electron chi connectivity index (χ2n) is 7.17. The van der Waals surface area contributed by atoms with E-state index in [0.717, 1.165) is 53.5 Å². The Morgan fingerprint density at radius 3 is 2.65 bits per heavy atom. The fourth-order valence-electron chi connectivity index (χ4n) is 4.42. The van der Waals surface area contributed by atoms with Crippen LogP contribution in [-0.2, 0) is 11.2 Å². The van der Waals surface area contributed by atoms with E-state index >= 15 is 0 Å². The molecule has 1 aromatic rings. The minimum absolute atomic E-state index is 0.0531. The van der Waals surface area contributed by atoms with Gasteiger partial charge in [-0.25, -0.2) is 4.99 Å². The van der Waals surface area contributed by atoms with Crippen molar-refractivity contribution in [1.82, 2.24) is 0 Å². The minimum atomic E-state index is -0.458. The molecule has 0 unspecified atom stereocenters. The molecule has 2 aliphatic heterocycles. The van der Waals surface area contributed by atoms with Crippen LogP contribution in [0.5, 0.6) is 0 Å². The largest absolute Gasteiger partial charge is 0.369 e.